The van der Waals surface area contributed by atoms with E-state index in [1.807, 2.05) is 45.9 Å². The molecule has 0 atom stereocenters. The summed E-state index contributed by atoms with van der Waals surface area (Å²) in [5.74, 6) is 0.800. The number of rotatable bonds is 4. The molecule has 0 fully saturated rings. The normalized spacial score (nSPS) is 11.0. The van der Waals surface area contributed by atoms with Crippen molar-refractivity contribution in [2.45, 2.75) is 33.3 Å². The minimum atomic E-state index is -0.482. The van der Waals surface area contributed by atoms with E-state index in [0.29, 0.717) is 13.2 Å². The second kappa shape index (κ2) is 6.80. The van der Waals surface area contributed by atoms with Gasteiger partial charge in [-0.1, -0.05) is 12.1 Å². The zero-order valence-corrected chi connectivity index (χ0v) is 13.3. The highest BCUT2D eigenvalue weighted by atomic mass is 79.9. The van der Waals surface area contributed by atoms with Gasteiger partial charge in [0.2, 0.25) is 0 Å². The Balaban J connectivity index is 2.34. The number of amides is 1. The second-order valence-electron chi connectivity index (χ2n) is 5.16. The highest BCUT2D eigenvalue weighted by Crippen LogP contribution is 2.28. The van der Waals surface area contributed by atoms with Gasteiger partial charge in [0, 0.05) is 0 Å². The molecular weight excluding hydrogens is 310 g/mol. The number of aryl methyl sites for hydroxylation is 1. The zero-order valence-electron chi connectivity index (χ0n) is 11.7. The van der Waals surface area contributed by atoms with E-state index >= 15 is 0 Å². The first-order chi connectivity index (χ1) is 8.79. The van der Waals surface area contributed by atoms with E-state index in [4.69, 9.17) is 9.47 Å². The average Bonchev–Trinajstić information content (AvgIpc) is 2.25. The third kappa shape index (κ3) is 5.96. The van der Waals surface area contributed by atoms with Gasteiger partial charge in [0.25, 0.3) is 0 Å². The smallest absolute Gasteiger partial charge is 0.407 e. The summed E-state index contributed by atoms with van der Waals surface area (Å²) in [5, 5.41) is 2.65. The van der Waals surface area contributed by atoms with E-state index < -0.39 is 11.7 Å². The van der Waals surface area contributed by atoms with E-state index in [1.165, 1.54) is 0 Å². The highest BCUT2D eigenvalue weighted by Gasteiger charge is 2.15. The summed E-state index contributed by atoms with van der Waals surface area (Å²) in [6, 6.07) is 5.84. The van der Waals surface area contributed by atoms with Crippen LogP contribution >= 0.6 is 15.9 Å². The van der Waals surface area contributed by atoms with Crippen LogP contribution in [0, 0.1) is 6.92 Å². The number of hydrogen-bond donors (Lipinski definition) is 1. The first kappa shape index (κ1) is 15.8. The Hall–Kier alpha value is -1.23. The molecule has 19 heavy (non-hydrogen) atoms. The van der Waals surface area contributed by atoms with Crippen molar-refractivity contribution in [2.75, 3.05) is 13.2 Å². The highest BCUT2D eigenvalue weighted by molar-refractivity contribution is 9.10. The van der Waals surface area contributed by atoms with Crippen molar-refractivity contribution in [2.24, 2.45) is 0 Å². The summed E-state index contributed by atoms with van der Waals surface area (Å²) in [6.45, 7) is 8.24. The van der Waals surface area contributed by atoms with Crippen LogP contribution in [0.4, 0.5) is 4.79 Å². The topological polar surface area (TPSA) is 47.6 Å². The molecule has 1 aromatic carbocycles. The summed E-state index contributed by atoms with van der Waals surface area (Å²) >= 11 is 3.43. The van der Waals surface area contributed by atoms with E-state index in [9.17, 15) is 4.79 Å². The van der Waals surface area contributed by atoms with Gasteiger partial charge < -0.3 is 14.8 Å². The van der Waals surface area contributed by atoms with Crippen LogP contribution in [0.15, 0.2) is 22.7 Å². The van der Waals surface area contributed by atoms with Crippen molar-refractivity contribution in [3.05, 3.63) is 28.2 Å². The lowest BCUT2D eigenvalue weighted by Gasteiger charge is -2.19. The Morgan fingerprint density at radius 2 is 2.05 bits per heavy atom. The fourth-order valence-electron chi connectivity index (χ4n) is 1.42. The summed E-state index contributed by atoms with van der Waals surface area (Å²) in [6.07, 6.45) is -0.431. The number of alkyl carbamates (subject to hydrolysis) is 1. The number of nitrogens with one attached hydrogen (secondary N) is 1. The first-order valence-corrected chi connectivity index (χ1v) is 6.93. The van der Waals surface area contributed by atoms with E-state index in [1.54, 1.807) is 0 Å². The number of ether oxygens (including phenoxy) is 2. The fraction of sp³-hybridized carbons (Fsp3) is 0.500. The maximum Gasteiger partial charge on any atom is 0.407 e. The monoisotopic (exact) mass is 329 g/mol. The molecule has 106 valence electrons. The number of para-hydroxylation sites is 1. The molecule has 4 nitrogen and oxygen atoms in total. The Morgan fingerprint density at radius 1 is 1.37 bits per heavy atom. The summed E-state index contributed by atoms with van der Waals surface area (Å²) in [5.41, 5.74) is 0.566. The van der Waals surface area contributed by atoms with Gasteiger partial charge in [-0.05, 0) is 55.3 Å². The Kier molecular flexibility index (Phi) is 5.66. The first-order valence-electron chi connectivity index (χ1n) is 6.14. The van der Waals surface area contributed by atoms with Gasteiger partial charge in [-0.2, -0.15) is 0 Å². The Morgan fingerprint density at radius 3 is 2.63 bits per heavy atom. The third-order valence-electron chi connectivity index (χ3n) is 2.18. The minimum Gasteiger partial charge on any atom is -0.490 e. The molecule has 0 unspecified atom stereocenters. The molecular formula is C14H20BrNO3. The van der Waals surface area contributed by atoms with Crippen LogP contribution in [-0.2, 0) is 4.74 Å². The number of halogens is 1. The lowest BCUT2D eigenvalue weighted by molar-refractivity contribution is 0.0520. The molecule has 0 heterocycles. The van der Waals surface area contributed by atoms with Gasteiger partial charge in [-0.25, -0.2) is 4.79 Å². The fourth-order valence-corrected chi connectivity index (χ4v) is 2.00. The molecule has 1 amide bonds. The number of carbonyl (C=O) groups excluding carboxylic acids is 1. The van der Waals surface area contributed by atoms with Crippen molar-refractivity contribution < 1.29 is 14.3 Å². The number of hydrogen-bond acceptors (Lipinski definition) is 3. The molecule has 0 aliphatic carbocycles. The van der Waals surface area contributed by atoms with E-state index in [-0.39, 0.29) is 0 Å². The molecule has 0 bridgehead atoms. The van der Waals surface area contributed by atoms with Gasteiger partial charge in [-0.3, -0.25) is 0 Å². The van der Waals surface area contributed by atoms with Crippen LogP contribution in [0.3, 0.4) is 0 Å². The number of benzene rings is 1. The second-order valence-corrected chi connectivity index (χ2v) is 6.02. The van der Waals surface area contributed by atoms with Crippen molar-refractivity contribution >= 4 is 22.0 Å². The maximum absolute atomic E-state index is 11.4. The molecule has 0 aliphatic rings. The SMILES string of the molecule is Cc1cccc(Br)c1OCCNC(=O)OC(C)(C)C. The molecule has 0 radical (unpaired) electrons. The third-order valence-corrected chi connectivity index (χ3v) is 2.80. The van der Waals surface area contributed by atoms with Gasteiger partial charge in [0.05, 0.1) is 11.0 Å². The summed E-state index contributed by atoms with van der Waals surface area (Å²) < 4.78 is 11.7. The standard InChI is InChI=1S/C14H20BrNO3/c1-10-6-5-7-11(15)12(10)18-9-8-16-13(17)19-14(2,3)4/h5-7H,8-9H2,1-4H3,(H,16,17). The summed E-state index contributed by atoms with van der Waals surface area (Å²) in [4.78, 5) is 11.4. The van der Waals surface area contributed by atoms with Crippen molar-refractivity contribution in [1.82, 2.24) is 5.32 Å². The molecule has 0 aliphatic heterocycles. The molecule has 5 heteroatoms. The maximum atomic E-state index is 11.4. The van der Waals surface area contributed by atoms with Crippen LogP contribution in [0.2, 0.25) is 0 Å². The van der Waals surface area contributed by atoms with Gasteiger partial charge >= 0.3 is 6.09 Å². The van der Waals surface area contributed by atoms with Crippen molar-refractivity contribution in [3.8, 4) is 5.75 Å². The predicted molar refractivity (Wildman–Crippen MR) is 78.6 cm³/mol. The van der Waals surface area contributed by atoms with Gasteiger partial charge in [-0.15, -0.1) is 0 Å². The van der Waals surface area contributed by atoms with Gasteiger partial charge in [0.1, 0.15) is 18.0 Å². The Labute approximate surface area is 122 Å². The molecule has 1 N–H and O–H groups in total. The molecule has 1 aromatic rings. The zero-order chi connectivity index (χ0) is 14.5. The molecule has 0 aromatic heterocycles. The van der Waals surface area contributed by atoms with E-state index in [0.717, 1.165) is 15.8 Å². The lowest BCUT2D eigenvalue weighted by Crippen LogP contribution is -2.34. The van der Waals surface area contributed by atoms with Crippen LogP contribution in [0.5, 0.6) is 5.75 Å². The molecule has 0 saturated heterocycles. The minimum absolute atomic E-state index is 0.392. The quantitative estimate of drug-likeness (QED) is 0.857. The largest absolute Gasteiger partial charge is 0.490 e. The average molecular weight is 330 g/mol. The number of carbonyl (C=O) groups is 1. The lowest BCUT2D eigenvalue weighted by atomic mass is 10.2. The van der Waals surface area contributed by atoms with Gasteiger partial charge in [0.15, 0.2) is 0 Å². The van der Waals surface area contributed by atoms with Crippen molar-refractivity contribution in [3.63, 3.8) is 0 Å². The van der Waals surface area contributed by atoms with Crippen molar-refractivity contribution in [1.29, 1.82) is 0 Å². The van der Waals surface area contributed by atoms with Crippen LogP contribution in [-0.4, -0.2) is 24.8 Å². The van der Waals surface area contributed by atoms with Crippen LogP contribution in [0.1, 0.15) is 26.3 Å². The summed E-state index contributed by atoms with van der Waals surface area (Å²) in [7, 11) is 0. The van der Waals surface area contributed by atoms with Crippen LogP contribution < -0.4 is 10.1 Å². The van der Waals surface area contributed by atoms with E-state index in [2.05, 4.69) is 21.2 Å². The molecule has 1 rings (SSSR count). The molecule has 0 saturated carbocycles. The Bertz CT molecular complexity index is 421. The predicted octanol–water partition coefficient (Wildman–Crippen LogP) is 3.66. The van der Waals surface area contributed by atoms with Crippen LogP contribution in [0.25, 0.3) is 0 Å². The molecule has 0 spiro atoms.